The van der Waals surface area contributed by atoms with Gasteiger partial charge in [-0.05, 0) is 12.8 Å². The molecule has 0 rings (SSSR count). The molecule has 0 atom stereocenters. The number of aliphatic hydroxyl groups is 1. The van der Waals surface area contributed by atoms with Crippen LogP contribution >= 0.6 is 0 Å². The third-order valence-corrected chi connectivity index (χ3v) is 2.25. The van der Waals surface area contributed by atoms with Gasteiger partial charge >= 0.3 is 0 Å². The molecule has 4 N–H and O–H groups in total. The molecule has 0 spiro atoms. The fourth-order valence-corrected chi connectivity index (χ4v) is 1.04. The fourth-order valence-electron chi connectivity index (χ4n) is 1.04. The molecule has 4 nitrogen and oxygen atoms in total. The molecule has 0 aromatic rings. The number of nitrogens with one attached hydrogen (secondary N) is 1. The quantitative estimate of drug-likeness (QED) is 0.531. The molecule has 72 valence electrons. The van der Waals surface area contributed by atoms with Crippen molar-refractivity contribution in [2.75, 3.05) is 13.2 Å². The highest BCUT2D eigenvalue weighted by molar-refractivity contribution is 5.78. The number of hydrogen-bond acceptors (Lipinski definition) is 3. The van der Waals surface area contributed by atoms with Gasteiger partial charge in [-0.1, -0.05) is 13.8 Å². The summed E-state index contributed by atoms with van der Waals surface area (Å²) in [6, 6.07) is 0. The van der Waals surface area contributed by atoms with Gasteiger partial charge in [-0.25, -0.2) is 0 Å². The summed E-state index contributed by atoms with van der Waals surface area (Å²) in [6.07, 6.45) is 1.43. The Bertz CT molecular complexity index is 136. The second-order valence-corrected chi connectivity index (χ2v) is 2.90. The predicted octanol–water partition coefficient (Wildman–Crippen LogP) is -0.388. The summed E-state index contributed by atoms with van der Waals surface area (Å²) in [7, 11) is 0. The smallest absolute Gasteiger partial charge is 0.234 e. The van der Waals surface area contributed by atoms with Crippen LogP contribution in [0.15, 0.2) is 0 Å². The maximum atomic E-state index is 11.0. The van der Waals surface area contributed by atoms with E-state index in [0.717, 1.165) is 0 Å². The molecule has 0 aliphatic carbocycles. The second-order valence-electron chi connectivity index (χ2n) is 2.90. The minimum Gasteiger partial charge on any atom is -0.394 e. The number of carbonyl (C=O) groups is 1. The molecule has 0 fully saturated rings. The van der Waals surface area contributed by atoms with Gasteiger partial charge in [0.1, 0.15) is 0 Å². The molecule has 0 aromatic heterocycles. The topological polar surface area (TPSA) is 75.3 Å². The van der Waals surface area contributed by atoms with Gasteiger partial charge in [0, 0.05) is 0 Å². The molecule has 0 bridgehead atoms. The molecular weight excluding hydrogens is 156 g/mol. The van der Waals surface area contributed by atoms with Gasteiger partial charge in [-0.3, -0.25) is 4.79 Å². The number of aliphatic hydroxyl groups excluding tert-OH is 1. The number of rotatable bonds is 5. The number of amides is 1. The first-order chi connectivity index (χ1) is 5.64. The zero-order valence-electron chi connectivity index (χ0n) is 7.76. The van der Waals surface area contributed by atoms with Gasteiger partial charge in [0.25, 0.3) is 0 Å². The van der Waals surface area contributed by atoms with E-state index < -0.39 is 5.54 Å². The average molecular weight is 174 g/mol. The predicted molar refractivity (Wildman–Crippen MR) is 47.6 cm³/mol. The first-order valence-electron chi connectivity index (χ1n) is 4.26. The normalized spacial score (nSPS) is 11.3. The van der Waals surface area contributed by atoms with Gasteiger partial charge in [-0.2, -0.15) is 0 Å². The third kappa shape index (κ3) is 2.79. The molecular formula is C8H18N2O2. The summed E-state index contributed by atoms with van der Waals surface area (Å²) in [6.45, 7) is 3.79. The fraction of sp³-hybridized carbons (Fsp3) is 0.875. The SMILES string of the molecule is CCC(CC)(CO)NC(=O)CN. The minimum atomic E-state index is -0.476. The van der Waals surface area contributed by atoms with Crippen molar-refractivity contribution in [1.82, 2.24) is 5.32 Å². The van der Waals surface area contributed by atoms with Gasteiger partial charge in [-0.15, -0.1) is 0 Å². The molecule has 0 heterocycles. The summed E-state index contributed by atoms with van der Waals surface area (Å²) < 4.78 is 0. The first-order valence-corrected chi connectivity index (χ1v) is 4.26. The van der Waals surface area contributed by atoms with Crippen molar-refractivity contribution in [3.8, 4) is 0 Å². The van der Waals surface area contributed by atoms with Crippen LogP contribution in [0, 0.1) is 0 Å². The van der Waals surface area contributed by atoms with E-state index in [1.807, 2.05) is 13.8 Å². The molecule has 0 aliphatic rings. The van der Waals surface area contributed by atoms with Crippen LogP contribution in [0.5, 0.6) is 0 Å². The number of nitrogens with two attached hydrogens (primary N) is 1. The Kier molecular flexibility index (Phi) is 4.85. The van der Waals surface area contributed by atoms with E-state index in [1.54, 1.807) is 0 Å². The van der Waals surface area contributed by atoms with Crippen molar-refractivity contribution in [3.05, 3.63) is 0 Å². The molecule has 0 unspecified atom stereocenters. The zero-order chi connectivity index (χ0) is 9.61. The maximum absolute atomic E-state index is 11.0. The molecule has 0 aromatic carbocycles. The molecule has 1 amide bonds. The summed E-state index contributed by atoms with van der Waals surface area (Å²) in [5.74, 6) is -0.215. The monoisotopic (exact) mass is 174 g/mol. The van der Waals surface area contributed by atoms with E-state index >= 15 is 0 Å². The molecule has 0 radical (unpaired) electrons. The number of carbonyl (C=O) groups excluding carboxylic acids is 1. The summed E-state index contributed by atoms with van der Waals surface area (Å²) in [4.78, 5) is 11.0. The third-order valence-electron chi connectivity index (χ3n) is 2.25. The van der Waals surface area contributed by atoms with Gasteiger partial charge in [0.2, 0.25) is 5.91 Å². The highest BCUT2D eigenvalue weighted by Gasteiger charge is 2.26. The summed E-state index contributed by atoms with van der Waals surface area (Å²) in [5, 5.41) is 11.8. The van der Waals surface area contributed by atoms with Gasteiger partial charge in [0.05, 0.1) is 18.7 Å². The van der Waals surface area contributed by atoms with Gasteiger partial charge < -0.3 is 16.2 Å². The first kappa shape index (κ1) is 11.4. The van der Waals surface area contributed by atoms with Crippen LogP contribution in [-0.2, 0) is 4.79 Å². The van der Waals surface area contributed by atoms with Crippen LogP contribution in [0.1, 0.15) is 26.7 Å². The molecule has 0 saturated heterocycles. The van der Waals surface area contributed by atoms with E-state index in [4.69, 9.17) is 10.8 Å². The van der Waals surface area contributed by atoms with E-state index in [0.29, 0.717) is 12.8 Å². The van der Waals surface area contributed by atoms with Crippen molar-refractivity contribution in [3.63, 3.8) is 0 Å². The van der Waals surface area contributed by atoms with Crippen molar-refractivity contribution in [1.29, 1.82) is 0 Å². The lowest BCUT2D eigenvalue weighted by Crippen LogP contribution is -2.52. The van der Waals surface area contributed by atoms with E-state index in [9.17, 15) is 4.79 Å². The number of hydrogen-bond donors (Lipinski definition) is 3. The lowest BCUT2D eigenvalue weighted by atomic mass is 9.94. The molecule has 0 saturated carbocycles. The van der Waals surface area contributed by atoms with Crippen LogP contribution in [0.3, 0.4) is 0 Å². The van der Waals surface area contributed by atoms with Crippen LogP contribution in [0.4, 0.5) is 0 Å². The molecule has 12 heavy (non-hydrogen) atoms. The van der Waals surface area contributed by atoms with Gasteiger partial charge in [0.15, 0.2) is 0 Å². The lowest BCUT2D eigenvalue weighted by molar-refractivity contribution is -0.122. The lowest BCUT2D eigenvalue weighted by Gasteiger charge is -2.30. The van der Waals surface area contributed by atoms with Crippen LogP contribution in [0.2, 0.25) is 0 Å². The summed E-state index contributed by atoms with van der Waals surface area (Å²) in [5.41, 5.74) is 4.67. The van der Waals surface area contributed by atoms with E-state index in [2.05, 4.69) is 5.32 Å². The summed E-state index contributed by atoms with van der Waals surface area (Å²) >= 11 is 0. The standard InChI is InChI=1S/C8H18N2O2/c1-3-8(4-2,6-11)10-7(12)5-9/h11H,3-6,9H2,1-2H3,(H,10,12). The Hall–Kier alpha value is -0.610. The van der Waals surface area contributed by atoms with Crippen molar-refractivity contribution >= 4 is 5.91 Å². The Morgan fingerprint density at radius 1 is 1.50 bits per heavy atom. The molecule has 0 aliphatic heterocycles. The van der Waals surface area contributed by atoms with Crippen LogP contribution in [-0.4, -0.2) is 29.7 Å². The zero-order valence-corrected chi connectivity index (χ0v) is 7.76. The molecule has 4 heteroatoms. The second kappa shape index (κ2) is 5.11. The highest BCUT2D eigenvalue weighted by atomic mass is 16.3. The van der Waals surface area contributed by atoms with E-state index in [1.165, 1.54) is 0 Å². The Morgan fingerprint density at radius 3 is 2.25 bits per heavy atom. The Balaban J connectivity index is 4.19. The largest absolute Gasteiger partial charge is 0.394 e. The maximum Gasteiger partial charge on any atom is 0.234 e. The van der Waals surface area contributed by atoms with Crippen molar-refractivity contribution < 1.29 is 9.90 Å². The van der Waals surface area contributed by atoms with Crippen molar-refractivity contribution in [2.45, 2.75) is 32.2 Å². The van der Waals surface area contributed by atoms with Crippen LogP contribution < -0.4 is 11.1 Å². The average Bonchev–Trinajstić information content (AvgIpc) is 2.14. The highest BCUT2D eigenvalue weighted by Crippen LogP contribution is 2.13. The minimum absolute atomic E-state index is 0.0260. The Morgan fingerprint density at radius 2 is 2.00 bits per heavy atom. The van der Waals surface area contributed by atoms with Crippen molar-refractivity contribution in [2.24, 2.45) is 5.73 Å². The van der Waals surface area contributed by atoms with E-state index in [-0.39, 0.29) is 19.1 Å². The Labute approximate surface area is 73.1 Å². The van der Waals surface area contributed by atoms with Crippen LogP contribution in [0.25, 0.3) is 0 Å².